The third-order valence-corrected chi connectivity index (χ3v) is 11.6. The Kier molecular flexibility index (Phi) is 16.0. The average molecular weight is 805 g/mol. The summed E-state index contributed by atoms with van der Waals surface area (Å²) in [6.45, 7) is 8.65. The van der Waals surface area contributed by atoms with Crippen molar-refractivity contribution in [2.75, 3.05) is 47.8 Å². The van der Waals surface area contributed by atoms with Gasteiger partial charge in [0.15, 0.2) is 6.23 Å². The second-order valence-corrected chi connectivity index (χ2v) is 15.2. The molecule has 1 aromatic heterocycles. The lowest BCUT2D eigenvalue weighted by Crippen LogP contribution is -2.43. The number of hydrogen-bond donors (Lipinski definition) is 1. The van der Waals surface area contributed by atoms with Gasteiger partial charge in [0.2, 0.25) is 0 Å². The monoisotopic (exact) mass is 804 g/mol. The Bertz CT molecular complexity index is 1930. The highest BCUT2D eigenvalue weighted by Gasteiger charge is 2.51. The van der Waals surface area contributed by atoms with Crippen LogP contribution in [-0.4, -0.2) is 92.4 Å². The van der Waals surface area contributed by atoms with Crippen LogP contribution in [0.4, 0.5) is 0 Å². The van der Waals surface area contributed by atoms with Crippen molar-refractivity contribution in [1.29, 1.82) is 5.26 Å². The van der Waals surface area contributed by atoms with E-state index in [1.54, 1.807) is 21.3 Å². The van der Waals surface area contributed by atoms with Gasteiger partial charge in [-0.2, -0.15) is 5.26 Å². The molecule has 1 aliphatic rings. The van der Waals surface area contributed by atoms with Crippen molar-refractivity contribution in [1.82, 2.24) is 14.2 Å². The van der Waals surface area contributed by atoms with E-state index in [2.05, 4.69) is 15.7 Å². The molecule has 57 heavy (non-hydrogen) atoms. The van der Waals surface area contributed by atoms with Crippen LogP contribution in [0, 0.1) is 11.3 Å². The molecule has 14 nitrogen and oxygen atoms in total. The highest BCUT2D eigenvalue weighted by atomic mass is 31.2. The fraction of sp³-hybridized carbons (Fsp3) is 0.452. The van der Waals surface area contributed by atoms with Crippen LogP contribution >= 0.6 is 8.53 Å². The Morgan fingerprint density at radius 3 is 1.95 bits per heavy atom. The van der Waals surface area contributed by atoms with E-state index in [1.165, 1.54) is 16.8 Å². The molecule has 0 saturated carbocycles. The van der Waals surface area contributed by atoms with Crippen molar-refractivity contribution >= 4 is 8.53 Å². The maximum Gasteiger partial charge on any atom is 0.330 e. The number of ether oxygens (including phenoxy) is 6. The zero-order chi connectivity index (χ0) is 41.0. The number of aromatic amines is 1. The van der Waals surface area contributed by atoms with Gasteiger partial charge in [-0.3, -0.25) is 14.3 Å². The smallest absolute Gasteiger partial charge is 0.330 e. The Hall–Kier alpha value is -4.42. The molecule has 15 heteroatoms. The fourth-order valence-corrected chi connectivity index (χ4v) is 8.71. The van der Waals surface area contributed by atoms with Gasteiger partial charge in [-0.1, -0.05) is 54.6 Å². The van der Waals surface area contributed by atoms with Gasteiger partial charge in [0, 0.05) is 31.5 Å². The normalized spacial score (nSPS) is 18.9. The van der Waals surface area contributed by atoms with Crippen LogP contribution in [-0.2, 0) is 33.6 Å². The highest BCUT2D eigenvalue weighted by Crippen LogP contribution is 2.51. The molecule has 5 rings (SSSR count). The van der Waals surface area contributed by atoms with E-state index < -0.39 is 49.9 Å². The summed E-state index contributed by atoms with van der Waals surface area (Å²) in [5.74, 6) is 1.36. The SMILES string of the molecule is COCCO[C@H]1C(OP(OCCC#N)N(C(C)C)C(C)C)[C@@H](COC(c2ccccc2)(c2ccc(OC)cc2)c2ccc(OC)cc2)O[C@H]1n1ccc(=O)[nH]c1=O. The lowest BCUT2D eigenvalue weighted by atomic mass is 9.80. The first-order valence-electron chi connectivity index (χ1n) is 18.9. The van der Waals surface area contributed by atoms with E-state index >= 15 is 0 Å². The number of H-pyrrole nitrogens is 1. The Morgan fingerprint density at radius 2 is 1.42 bits per heavy atom. The molecule has 0 bridgehead atoms. The van der Waals surface area contributed by atoms with E-state index in [4.69, 9.17) is 37.5 Å². The van der Waals surface area contributed by atoms with E-state index in [-0.39, 0.29) is 44.9 Å². The average Bonchev–Trinajstić information content (AvgIpc) is 3.54. The van der Waals surface area contributed by atoms with Gasteiger partial charge in [-0.05, 0) is 68.7 Å². The van der Waals surface area contributed by atoms with Gasteiger partial charge >= 0.3 is 5.69 Å². The molecule has 306 valence electrons. The van der Waals surface area contributed by atoms with Crippen molar-refractivity contribution in [2.24, 2.45) is 0 Å². The molecule has 0 spiro atoms. The summed E-state index contributed by atoms with van der Waals surface area (Å²) in [6, 6.07) is 28.6. The molecule has 1 fully saturated rings. The zero-order valence-corrected chi connectivity index (χ0v) is 34.4. The number of benzene rings is 3. The number of rotatable bonds is 21. The summed E-state index contributed by atoms with van der Waals surface area (Å²) >= 11 is 0. The summed E-state index contributed by atoms with van der Waals surface area (Å²) in [6.07, 6.45) is -2.18. The maximum atomic E-state index is 13.4. The quantitative estimate of drug-likeness (QED) is 0.0583. The molecule has 1 N–H and O–H groups in total. The molecular weight excluding hydrogens is 751 g/mol. The molecule has 5 atom stereocenters. The molecule has 2 heterocycles. The number of nitrogens with zero attached hydrogens (tertiary/aromatic N) is 3. The molecule has 1 saturated heterocycles. The Balaban J connectivity index is 1.67. The van der Waals surface area contributed by atoms with Crippen molar-refractivity contribution in [3.63, 3.8) is 0 Å². The van der Waals surface area contributed by atoms with Crippen molar-refractivity contribution < 1.29 is 37.5 Å². The summed E-state index contributed by atoms with van der Waals surface area (Å²) in [7, 11) is 2.98. The molecule has 1 aliphatic heterocycles. The number of nitrogens with one attached hydrogen (secondary N) is 1. The zero-order valence-electron chi connectivity index (χ0n) is 33.5. The lowest BCUT2D eigenvalue weighted by molar-refractivity contribution is -0.0991. The van der Waals surface area contributed by atoms with Gasteiger partial charge in [0.25, 0.3) is 14.1 Å². The van der Waals surface area contributed by atoms with Gasteiger partial charge in [0.1, 0.15) is 35.4 Å². The van der Waals surface area contributed by atoms with Crippen molar-refractivity contribution in [3.05, 3.63) is 129 Å². The Morgan fingerprint density at radius 1 is 0.825 bits per heavy atom. The minimum Gasteiger partial charge on any atom is -0.497 e. The van der Waals surface area contributed by atoms with E-state index in [9.17, 15) is 14.9 Å². The topological polar surface area (TPSA) is 156 Å². The lowest BCUT2D eigenvalue weighted by Gasteiger charge is -2.39. The highest BCUT2D eigenvalue weighted by molar-refractivity contribution is 7.44. The minimum absolute atomic E-state index is 0.00318. The molecule has 0 amide bonds. The molecule has 0 aliphatic carbocycles. The number of methoxy groups -OCH3 is 3. The summed E-state index contributed by atoms with van der Waals surface area (Å²) in [4.78, 5) is 27.9. The Labute approximate surface area is 335 Å². The van der Waals surface area contributed by atoms with Crippen molar-refractivity contribution in [3.8, 4) is 17.6 Å². The number of hydrogen-bond acceptors (Lipinski definition) is 12. The summed E-state index contributed by atoms with van der Waals surface area (Å²) < 4.78 is 53.7. The summed E-state index contributed by atoms with van der Waals surface area (Å²) in [5.41, 5.74) is 0.0212. The van der Waals surface area contributed by atoms with Gasteiger partial charge in [-0.25, -0.2) is 9.46 Å². The first kappa shape index (κ1) is 43.7. The molecule has 0 radical (unpaired) electrons. The van der Waals surface area contributed by atoms with Crippen LogP contribution in [0.1, 0.15) is 57.0 Å². The van der Waals surface area contributed by atoms with E-state index in [1.807, 2.05) is 107 Å². The molecule has 2 unspecified atom stereocenters. The van der Waals surface area contributed by atoms with E-state index in [0.29, 0.717) is 11.5 Å². The predicted molar refractivity (Wildman–Crippen MR) is 215 cm³/mol. The molecule has 4 aromatic rings. The third kappa shape index (κ3) is 10.4. The minimum atomic E-state index is -1.82. The van der Waals surface area contributed by atoms with Crippen molar-refractivity contribution in [2.45, 2.75) is 76.3 Å². The third-order valence-electron chi connectivity index (χ3n) is 9.52. The van der Waals surface area contributed by atoms with Gasteiger partial charge in [0.05, 0.1) is 53.1 Å². The molecular formula is C42H53N4O10P. The maximum absolute atomic E-state index is 13.4. The second kappa shape index (κ2) is 20.8. The predicted octanol–water partition coefficient (Wildman–Crippen LogP) is 6.15. The van der Waals surface area contributed by atoms with Gasteiger partial charge in [-0.15, -0.1) is 0 Å². The molecule has 3 aromatic carbocycles. The van der Waals surface area contributed by atoms with Crippen LogP contribution in [0.25, 0.3) is 0 Å². The van der Waals surface area contributed by atoms with E-state index in [0.717, 1.165) is 16.7 Å². The van der Waals surface area contributed by atoms with Crippen LogP contribution in [0.3, 0.4) is 0 Å². The second-order valence-electron chi connectivity index (χ2n) is 13.8. The van der Waals surface area contributed by atoms with Gasteiger partial charge < -0.3 is 37.5 Å². The van der Waals surface area contributed by atoms with Crippen LogP contribution in [0.2, 0.25) is 0 Å². The first-order valence-corrected chi connectivity index (χ1v) is 20.0. The van der Waals surface area contributed by atoms with Crippen LogP contribution in [0.5, 0.6) is 11.5 Å². The van der Waals surface area contributed by atoms with Crippen LogP contribution < -0.4 is 20.7 Å². The number of aromatic nitrogens is 2. The number of nitriles is 1. The largest absolute Gasteiger partial charge is 0.497 e. The fourth-order valence-electron chi connectivity index (χ4n) is 6.95. The standard InChI is InChI=1S/C42H53N4O10P/c1-29(2)46(30(3)4)57(54-25-11-23-43)56-38-36(55-40(39(38)52-27-26-49-5)45-24-22-37(47)44-41(45)48)28-53-42(31-12-9-8-10-13-31,32-14-18-34(50-6)19-15-32)33-16-20-35(51-7)21-17-33/h8-10,12-22,24,29-30,36,38-40H,11,25-28H2,1-7H3,(H,44,47,48)/t36-,38?,39+,40-,57?/m1/s1. The first-order chi connectivity index (χ1) is 27.6. The summed E-state index contributed by atoms with van der Waals surface area (Å²) in [5, 5.41) is 9.40. The van der Waals surface area contributed by atoms with Crippen LogP contribution in [0.15, 0.2) is 101 Å².